The summed E-state index contributed by atoms with van der Waals surface area (Å²) in [5, 5.41) is 6.15. The van der Waals surface area contributed by atoms with Gasteiger partial charge in [0.25, 0.3) is 5.91 Å². The summed E-state index contributed by atoms with van der Waals surface area (Å²) in [5.74, 6) is 0.607. The minimum Gasteiger partial charge on any atom is -0.490 e. The molecule has 0 spiro atoms. The van der Waals surface area contributed by atoms with Gasteiger partial charge in [0.15, 0.2) is 18.1 Å². The van der Waals surface area contributed by atoms with E-state index in [0.29, 0.717) is 43.2 Å². The Morgan fingerprint density at radius 2 is 1.73 bits per heavy atom. The fraction of sp³-hybridized carbons (Fsp3) is 0.269. The number of amides is 1. The van der Waals surface area contributed by atoms with Crippen LogP contribution in [0.2, 0.25) is 0 Å². The third-order valence-corrected chi connectivity index (χ3v) is 5.69. The topological polar surface area (TPSA) is 59.6 Å². The number of ether oxygens (including phenoxy) is 2. The van der Waals surface area contributed by atoms with Crippen LogP contribution in [0.5, 0.6) is 11.5 Å². The first kappa shape index (κ1) is 24.7. The Morgan fingerprint density at radius 1 is 1.00 bits per heavy atom. The van der Waals surface area contributed by atoms with E-state index in [-0.39, 0.29) is 18.3 Å². The number of rotatable bonds is 11. The summed E-state index contributed by atoms with van der Waals surface area (Å²) in [6.45, 7) is 5.42. The van der Waals surface area contributed by atoms with Gasteiger partial charge in [-0.1, -0.05) is 51.8 Å². The highest BCUT2D eigenvalue weighted by atomic mass is 79.9. The molecule has 3 aromatic carbocycles. The molecule has 0 aliphatic carbocycles. The van der Waals surface area contributed by atoms with E-state index in [4.69, 9.17) is 9.47 Å². The lowest BCUT2D eigenvalue weighted by atomic mass is 10.1. The molecular formula is C26H28BrFN2O3. The molecule has 0 heterocycles. The van der Waals surface area contributed by atoms with E-state index >= 15 is 0 Å². The Labute approximate surface area is 202 Å². The lowest BCUT2D eigenvalue weighted by Gasteiger charge is -2.15. The van der Waals surface area contributed by atoms with E-state index in [9.17, 15) is 9.18 Å². The Kier molecular flexibility index (Phi) is 9.27. The van der Waals surface area contributed by atoms with Gasteiger partial charge in [0.1, 0.15) is 5.82 Å². The van der Waals surface area contributed by atoms with E-state index in [1.165, 1.54) is 6.07 Å². The van der Waals surface area contributed by atoms with Crippen molar-refractivity contribution in [2.75, 3.05) is 25.1 Å². The Morgan fingerprint density at radius 3 is 2.45 bits per heavy atom. The van der Waals surface area contributed by atoms with Crippen molar-refractivity contribution in [2.24, 2.45) is 0 Å². The molecule has 2 N–H and O–H groups in total. The SMILES string of the molecule is CCOc1cc(CNCCc2ccccc2F)c(Br)cc1OCC(=O)Nc1ccc(C)cc1. The number of anilines is 1. The third kappa shape index (κ3) is 7.58. The largest absolute Gasteiger partial charge is 0.490 e. The molecule has 0 atom stereocenters. The minimum absolute atomic E-state index is 0.138. The fourth-order valence-electron chi connectivity index (χ4n) is 3.22. The molecule has 0 aromatic heterocycles. The van der Waals surface area contributed by atoms with Crippen molar-refractivity contribution in [3.63, 3.8) is 0 Å². The number of hydrogen-bond acceptors (Lipinski definition) is 4. The van der Waals surface area contributed by atoms with Crippen molar-refractivity contribution in [2.45, 2.75) is 26.8 Å². The molecule has 33 heavy (non-hydrogen) atoms. The van der Waals surface area contributed by atoms with Gasteiger partial charge in [0.05, 0.1) is 6.61 Å². The maximum Gasteiger partial charge on any atom is 0.262 e. The molecule has 0 aliphatic heterocycles. The van der Waals surface area contributed by atoms with Crippen LogP contribution in [0.25, 0.3) is 0 Å². The van der Waals surface area contributed by atoms with Crippen molar-refractivity contribution in [1.29, 1.82) is 0 Å². The van der Waals surface area contributed by atoms with E-state index < -0.39 is 0 Å². The molecule has 0 radical (unpaired) electrons. The first-order valence-electron chi connectivity index (χ1n) is 10.8. The van der Waals surface area contributed by atoms with Crippen molar-refractivity contribution < 1.29 is 18.7 Å². The van der Waals surface area contributed by atoms with Crippen LogP contribution in [0.1, 0.15) is 23.6 Å². The van der Waals surface area contributed by atoms with Gasteiger partial charge in [0, 0.05) is 16.7 Å². The van der Waals surface area contributed by atoms with Crippen molar-refractivity contribution in [1.82, 2.24) is 5.32 Å². The molecule has 174 valence electrons. The number of hydrogen-bond donors (Lipinski definition) is 2. The predicted octanol–water partition coefficient (Wildman–Crippen LogP) is 5.65. The number of aryl methyl sites for hydroxylation is 1. The number of benzene rings is 3. The van der Waals surface area contributed by atoms with Gasteiger partial charge in [-0.3, -0.25) is 4.79 Å². The second-order valence-electron chi connectivity index (χ2n) is 7.54. The van der Waals surface area contributed by atoms with Crippen LogP contribution in [0.15, 0.2) is 65.1 Å². The lowest BCUT2D eigenvalue weighted by molar-refractivity contribution is -0.118. The first-order valence-corrected chi connectivity index (χ1v) is 11.6. The number of halogens is 2. The number of carbonyl (C=O) groups is 1. The van der Waals surface area contributed by atoms with Gasteiger partial charge in [0.2, 0.25) is 0 Å². The average molecular weight is 515 g/mol. The quantitative estimate of drug-likeness (QED) is 0.325. The number of carbonyl (C=O) groups excluding carboxylic acids is 1. The molecule has 5 nitrogen and oxygen atoms in total. The Bertz CT molecular complexity index is 1070. The summed E-state index contributed by atoms with van der Waals surface area (Å²) in [7, 11) is 0. The average Bonchev–Trinajstić information content (AvgIpc) is 2.80. The molecular weight excluding hydrogens is 487 g/mol. The summed E-state index contributed by atoms with van der Waals surface area (Å²) in [4.78, 5) is 12.3. The molecule has 0 saturated carbocycles. The van der Waals surface area contributed by atoms with Crippen molar-refractivity contribution >= 4 is 27.5 Å². The minimum atomic E-state index is -0.253. The van der Waals surface area contributed by atoms with Gasteiger partial charge in [-0.05, 0) is 68.3 Å². The Balaban J connectivity index is 1.57. The zero-order chi connectivity index (χ0) is 23.6. The summed E-state index contributed by atoms with van der Waals surface area (Å²) in [6.07, 6.45) is 0.597. The number of nitrogens with one attached hydrogen (secondary N) is 2. The molecule has 0 aliphatic rings. The van der Waals surface area contributed by atoms with Crippen LogP contribution < -0.4 is 20.1 Å². The molecule has 0 saturated heterocycles. The highest BCUT2D eigenvalue weighted by Crippen LogP contribution is 2.34. The van der Waals surface area contributed by atoms with Gasteiger partial charge >= 0.3 is 0 Å². The molecule has 1 amide bonds. The van der Waals surface area contributed by atoms with E-state index in [1.54, 1.807) is 18.2 Å². The van der Waals surface area contributed by atoms with Gasteiger partial charge in [-0.15, -0.1) is 0 Å². The standard InChI is InChI=1S/C26H28BrFN2O3/c1-3-32-24-14-20(16-29-13-12-19-6-4-5-7-23(19)28)22(27)15-25(24)33-17-26(31)30-21-10-8-18(2)9-11-21/h4-11,14-15,29H,3,12-13,16-17H2,1-2H3,(H,30,31). The zero-order valence-electron chi connectivity index (χ0n) is 18.8. The monoisotopic (exact) mass is 514 g/mol. The van der Waals surface area contributed by atoms with Gasteiger partial charge in [-0.2, -0.15) is 0 Å². The zero-order valence-corrected chi connectivity index (χ0v) is 20.4. The van der Waals surface area contributed by atoms with E-state index in [0.717, 1.165) is 21.3 Å². The molecule has 3 aromatic rings. The maximum atomic E-state index is 13.8. The lowest BCUT2D eigenvalue weighted by Crippen LogP contribution is -2.20. The van der Waals surface area contributed by atoms with Crippen LogP contribution in [0.3, 0.4) is 0 Å². The fourth-order valence-corrected chi connectivity index (χ4v) is 3.68. The molecule has 3 rings (SSSR count). The van der Waals surface area contributed by atoms with Crippen molar-refractivity contribution in [3.8, 4) is 11.5 Å². The van der Waals surface area contributed by atoms with Crippen LogP contribution >= 0.6 is 15.9 Å². The highest BCUT2D eigenvalue weighted by molar-refractivity contribution is 9.10. The molecule has 7 heteroatoms. The summed E-state index contributed by atoms with van der Waals surface area (Å²) in [5.41, 5.74) is 3.50. The summed E-state index contributed by atoms with van der Waals surface area (Å²) >= 11 is 3.57. The van der Waals surface area contributed by atoms with Crippen LogP contribution in [0.4, 0.5) is 10.1 Å². The predicted molar refractivity (Wildman–Crippen MR) is 132 cm³/mol. The third-order valence-electron chi connectivity index (χ3n) is 4.95. The van der Waals surface area contributed by atoms with Crippen LogP contribution in [-0.2, 0) is 17.8 Å². The molecule has 0 unspecified atom stereocenters. The summed E-state index contributed by atoms with van der Waals surface area (Å²) < 4.78 is 26.1. The van der Waals surface area contributed by atoms with Gasteiger partial charge < -0.3 is 20.1 Å². The van der Waals surface area contributed by atoms with Gasteiger partial charge in [-0.25, -0.2) is 4.39 Å². The first-order chi connectivity index (χ1) is 16.0. The second kappa shape index (κ2) is 12.4. The highest BCUT2D eigenvalue weighted by Gasteiger charge is 2.13. The van der Waals surface area contributed by atoms with Crippen LogP contribution in [0, 0.1) is 12.7 Å². The maximum absolute atomic E-state index is 13.8. The van der Waals surface area contributed by atoms with Crippen LogP contribution in [-0.4, -0.2) is 25.7 Å². The second-order valence-corrected chi connectivity index (χ2v) is 8.40. The van der Waals surface area contributed by atoms with Crippen molar-refractivity contribution in [3.05, 3.63) is 87.6 Å². The molecule has 0 fully saturated rings. The summed E-state index contributed by atoms with van der Waals surface area (Å²) in [6, 6.07) is 18.0. The Hall–Kier alpha value is -2.90. The smallest absolute Gasteiger partial charge is 0.262 e. The molecule has 0 bridgehead atoms. The van der Waals surface area contributed by atoms with E-state index in [2.05, 4.69) is 26.6 Å². The normalized spacial score (nSPS) is 10.7. The van der Waals surface area contributed by atoms with E-state index in [1.807, 2.05) is 50.2 Å².